The van der Waals surface area contributed by atoms with E-state index in [4.69, 9.17) is 5.11 Å². The Morgan fingerprint density at radius 2 is 1.48 bits per heavy atom. The summed E-state index contributed by atoms with van der Waals surface area (Å²) in [6.45, 7) is 0. The Kier molecular flexibility index (Phi) is 3.69. The molecular formula is C16H14FNO4S. The van der Waals surface area contributed by atoms with Gasteiger partial charge in [0.05, 0.1) is 4.90 Å². The van der Waals surface area contributed by atoms with E-state index >= 15 is 0 Å². The monoisotopic (exact) mass is 335 g/mol. The molecule has 2 aromatic rings. The molecule has 0 radical (unpaired) electrons. The van der Waals surface area contributed by atoms with Crippen LogP contribution in [0.15, 0.2) is 53.4 Å². The number of rotatable bonds is 5. The molecule has 0 saturated heterocycles. The van der Waals surface area contributed by atoms with Gasteiger partial charge in [0.15, 0.2) is 0 Å². The first-order valence-corrected chi connectivity index (χ1v) is 8.44. The number of carbonyl (C=O) groups is 1. The third-order valence-electron chi connectivity index (χ3n) is 3.83. The Hall–Kier alpha value is -2.25. The van der Waals surface area contributed by atoms with Crippen molar-refractivity contribution in [3.8, 4) is 11.1 Å². The van der Waals surface area contributed by atoms with E-state index in [1.807, 2.05) is 0 Å². The topological polar surface area (TPSA) is 83.5 Å². The highest BCUT2D eigenvalue weighted by Gasteiger charge is 2.53. The lowest BCUT2D eigenvalue weighted by molar-refractivity contribution is -0.140. The van der Waals surface area contributed by atoms with Gasteiger partial charge in [0, 0.05) is 0 Å². The van der Waals surface area contributed by atoms with Crippen LogP contribution in [-0.4, -0.2) is 25.0 Å². The van der Waals surface area contributed by atoms with Crippen LogP contribution < -0.4 is 4.72 Å². The van der Waals surface area contributed by atoms with Crippen LogP contribution >= 0.6 is 0 Å². The number of sulfonamides is 1. The maximum absolute atomic E-state index is 12.9. The van der Waals surface area contributed by atoms with E-state index in [0.29, 0.717) is 0 Å². The third kappa shape index (κ3) is 3.11. The van der Waals surface area contributed by atoms with Crippen molar-refractivity contribution >= 4 is 16.0 Å². The zero-order chi connectivity index (χ0) is 16.7. The molecule has 120 valence electrons. The molecule has 0 amide bonds. The summed E-state index contributed by atoms with van der Waals surface area (Å²) in [6.07, 6.45) is 0.574. The zero-order valence-corrected chi connectivity index (χ0v) is 12.8. The van der Waals surface area contributed by atoms with Crippen LogP contribution in [0.5, 0.6) is 0 Å². The average molecular weight is 335 g/mol. The van der Waals surface area contributed by atoms with E-state index in [2.05, 4.69) is 4.72 Å². The predicted molar refractivity (Wildman–Crippen MR) is 81.8 cm³/mol. The molecule has 0 unspecified atom stereocenters. The number of halogens is 1. The second kappa shape index (κ2) is 5.43. The number of nitrogens with one attached hydrogen (secondary N) is 1. The molecule has 0 aromatic heterocycles. The standard InChI is InChI=1S/C16H14FNO4S/c17-13-5-1-11(2-6-13)12-3-7-14(8-4-12)23(21,22)18-16(9-10-16)15(19)20/h1-8,18H,9-10H2,(H,19,20). The van der Waals surface area contributed by atoms with E-state index in [1.165, 1.54) is 24.3 Å². The summed E-state index contributed by atoms with van der Waals surface area (Å²) in [5.74, 6) is -1.51. The van der Waals surface area contributed by atoms with E-state index in [1.54, 1.807) is 24.3 Å². The molecule has 2 N–H and O–H groups in total. The van der Waals surface area contributed by atoms with Crippen molar-refractivity contribution in [2.24, 2.45) is 0 Å². The highest BCUT2D eigenvalue weighted by atomic mass is 32.2. The Labute approximate surface area is 132 Å². The lowest BCUT2D eigenvalue weighted by Crippen LogP contribution is -2.42. The van der Waals surface area contributed by atoms with Gasteiger partial charge in [-0.25, -0.2) is 12.8 Å². The Morgan fingerprint density at radius 1 is 1.00 bits per heavy atom. The lowest BCUT2D eigenvalue weighted by Gasteiger charge is -2.13. The number of benzene rings is 2. The van der Waals surface area contributed by atoms with Gasteiger partial charge in [0.1, 0.15) is 11.4 Å². The number of hydrogen-bond donors (Lipinski definition) is 2. The summed E-state index contributed by atoms with van der Waals surface area (Å²) < 4.78 is 39.7. The van der Waals surface area contributed by atoms with Crippen molar-refractivity contribution in [2.75, 3.05) is 0 Å². The van der Waals surface area contributed by atoms with Gasteiger partial charge in [-0.1, -0.05) is 24.3 Å². The molecule has 1 saturated carbocycles. The molecule has 23 heavy (non-hydrogen) atoms. The fourth-order valence-electron chi connectivity index (χ4n) is 2.27. The second-order valence-corrected chi connectivity index (χ2v) is 7.21. The summed E-state index contributed by atoms with van der Waals surface area (Å²) in [5.41, 5.74) is 0.130. The maximum atomic E-state index is 12.9. The molecule has 1 aliphatic carbocycles. The first-order valence-electron chi connectivity index (χ1n) is 6.96. The minimum Gasteiger partial charge on any atom is -0.480 e. The quantitative estimate of drug-likeness (QED) is 0.879. The normalized spacial score (nSPS) is 16.0. The molecule has 5 nitrogen and oxygen atoms in total. The summed E-state index contributed by atoms with van der Waals surface area (Å²) in [4.78, 5) is 11.1. The Balaban J connectivity index is 1.84. The highest BCUT2D eigenvalue weighted by Crippen LogP contribution is 2.37. The fourth-order valence-corrected chi connectivity index (χ4v) is 3.69. The molecule has 0 aliphatic heterocycles. The maximum Gasteiger partial charge on any atom is 0.324 e. The van der Waals surface area contributed by atoms with Gasteiger partial charge in [-0.15, -0.1) is 0 Å². The molecule has 0 heterocycles. The van der Waals surface area contributed by atoms with Crippen LogP contribution in [0.3, 0.4) is 0 Å². The van der Waals surface area contributed by atoms with Crippen molar-refractivity contribution in [1.29, 1.82) is 0 Å². The Bertz CT molecular complexity index is 841. The van der Waals surface area contributed by atoms with E-state index in [-0.39, 0.29) is 23.6 Å². The van der Waals surface area contributed by atoms with Gasteiger partial charge in [-0.3, -0.25) is 4.79 Å². The van der Waals surface area contributed by atoms with Crippen molar-refractivity contribution < 1.29 is 22.7 Å². The van der Waals surface area contributed by atoms with Crippen LogP contribution in [0.25, 0.3) is 11.1 Å². The average Bonchev–Trinajstić information content (AvgIpc) is 3.28. The van der Waals surface area contributed by atoms with Gasteiger partial charge < -0.3 is 5.11 Å². The third-order valence-corrected chi connectivity index (χ3v) is 5.38. The number of carboxylic acid groups (broad SMARTS) is 1. The Morgan fingerprint density at radius 3 is 1.91 bits per heavy atom. The van der Waals surface area contributed by atoms with Gasteiger partial charge in [0.2, 0.25) is 10.0 Å². The SMILES string of the molecule is O=C(O)C1(NS(=O)(=O)c2ccc(-c3ccc(F)cc3)cc2)CC1. The minimum atomic E-state index is -3.90. The first-order chi connectivity index (χ1) is 10.8. The van der Waals surface area contributed by atoms with Gasteiger partial charge in [-0.2, -0.15) is 4.72 Å². The molecular weight excluding hydrogens is 321 g/mol. The van der Waals surface area contributed by atoms with Crippen molar-refractivity contribution in [2.45, 2.75) is 23.3 Å². The van der Waals surface area contributed by atoms with E-state index in [9.17, 15) is 17.6 Å². The van der Waals surface area contributed by atoms with Crippen LogP contribution in [0.2, 0.25) is 0 Å². The number of aliphatic carboxylic acids is 1. The van der Waals surface area contributed by atoms with Crippen LogP contribution in [-0.2, 0) is 14.8 Å². The van der Waals surface area contributed by atoms with Crippen LogP contribution in [0, 0.1) is 5.82 Å². The highest BCUT2D eigenvalue weighted by molar-refractivity contribution is 7.89. The van der Waals surface area contributed by atoms with Gasteiger partial charge in [-0.05, 0) is 48.2 Å². The number of carboxylic acids is 1. The molecule has 0 atom stereocenters. The lowest BCUT2D eigenvalue weighted by atomic mass is 10.1. The molecule has 3 rings (SSSR count). The summed E-state index contributed by atoms with van der Waals surface area (Å²) in [6, 6.07) is 11.8. The summed E-state index contributed by atoms with van der Waals surface area (Å²) >= 11 is 0. The van der Waals surface area contributed by atoms with Gasteiger partial charge >= 0.3 is 5.97 Å². The molecule has 7 heteroatoms. The summed E-state index contributed by atoms with van der Waals surface area (Å²) in [5, 5.41) is 9.07. The van der Waals surface area contributed by atoms with Crippen molar-refractivity contribution in [3.63, 3.8) is 0 Å². The molecule has 0 bridgehead atoms. The molecule has 1 fully saturated rings. The molecule has 1 aliphatic rings. The predicted octanol–water partition coefficient (Wildman–Crippen LogP) is 2.39. The van der Waals surface area contributed by atoms with Gasteiger partial charge in [0.25, 0.3) is 0 Å². The first kappa shape index (κ1) is 15.6. The number of hydrogen-bond acceptors (Lipinski definition) is 3. The van der Waals surface area contributed by atoms with Crippen molar-refractivity contribution in [3.05, 3.63) is 54.3 Å². The van der Waals surface area contributed by atoms with E-state index < -0.39 is 21.5 Å². The van der Waals surface area contributed by atoms with Crippen LogP contribution in [0.4, 0.5) is 4.39 Å². The second-order valence-electron chi connectivity index (χ2n) is 5.52. The van der Waals surface area contributed by atoms with Crippen LogP contribution in [0.1, 0.15) is 12.8 Å². The summed E-state index contributed by atoms with van der Waals surface area (Å²) in [7, 11) is -3.90. The largest absolute Gasteiger partial charge is 0.480 e. The molecule has 2 aromatic carbocycles. The zero-order valence-electron chi connectivity index (χ0n) is 12.0. The van der Waals surface area contributed by atoms with Crippen molar-refractivity contribution in [1.82, 2.24) is 4.72 Å². The van der Waals surface area contributed by atoms with E-state index in [0.717, 1.165) is 11.1 Å². The smallest absolute Gasteiger partial charge is 0.324 e. The fraction of sp³-hybridized carbons (Fsp3) is 0.188. The minimum absolute atomic E-state index is 0.00381. The molecule has 0 spiro atoms.